The number of hydrogen-bond donors (Lipinski definition) is 1. The van der Waals surface area contributed by atoms with Gasteiger partial charge in [0.25, 0.3) is 10.0 Å². The molecule has 0 amide bonds. The van der Waals surface area contributed by atoms with E-state index in [4.69, 9.17) is 0 Å². The molecule has 0 radical (unpaired) electrons. The van der Waals surface area contributed by atoms with Gasteiger partial charge in [0.05, 0.1) is 10.6 Å². The summed E-state index contributed by atoms with van der Waals surface area (Å²) in [6.07, 6.45) is 1.51. The molecule has 4 nitrogen and oxygen atoms in total. The average Bonchev–Trinajstić information content (AvgIpc) is 2.39. The molecule has 0 spiro atoms. The summed E-state index contributed by atoms with van der Waals surface area (Å²) in [5, 5.41) is 0. The maximum Gasteiger partial charge on any atom is 0.261 e. The van der Waals surface area contributed by atoms with Gasteiger partial charge in [-0.2, -0.15) is 0 Å². The van der Waals surface area contributed by atoms with Crippen LogP contribution >= 0.6 is 0 Å². The van der Waals surface area contributed by atoms with E-state index in [1.165, 1.54) is 24.5 Å². The van der Waals surface area contributed by atoms with Gasteiger partial charge in [0.2, 0.25) is 0 Å². The zero-order valence-electron chi connectivity index (χ0n) is 10.5. The van der Waals surface area contributed by atoms with Crippen LogP contribution in [0.4, 0.5) is 10.1 Å². The quantitative estimate of drug-likeness (QED) is 0.942. The number of rotatable bonds is 4. The molecule has 0 heterocycles. The molecule has 0 aliphatic carbocycles. The zero-order chi connectivity index (χ0) is 14.8. The molecule has 0 bridgehead atoms. The van der Waals surface area contributed by atoms with Gasteiger partial charge in [0, 0.05) is 22.0 Å². The maximum absolute atomic E-state index is 12.8. The highest BCUT2D eigenvalue weighted by atomic mass is 32.2. The first-order chi connectivity index (χ1) is 9.38. The third kappa shape index (κ3) is 3.43. The monoisotopic (exact) mass is 313 g/mol. The standard InChI is InChI=1S/C13H12FNO3S2/c1-19(16)12-4-2-3-11(9-12)15-20(17,18)13-7-5-10(14)6-8-13/h2-9,15H,1H3. The van der Waals surface area contributed by atoms with Gasteiger partial charge in [-0.3, -0.25) is 8.93 Å². The van der Waals surface area contributed by atoms with Gasteiger partial charge in [0.1, 0.15) is 5.82 Å². The SMILES string of the molecule is CS(=O)c1cccc(NS(=O)(=O)c2ccc(F)cc2)c1. The largest absolute Gasteiger partial charge is 0.280 e. The molecule has 7 heteroatoms. The van der Waals surface area contributed by atoms with Gasteiger partial charge in [-0.05, 0) is 42.5 Å². The van der Waals surface area contributed by atoms with Crippen LogP contribution in [0.3, 0.4) is 0 Å². The van der Waals surface area contributed by atoms with Gasteiger partial charge in [-0.25, -0.2) is 12.8 Å². The third-order valence-corrected chi connectivity index (χ3v) is 4.86. The van der Waals surface area contributed by atoms with E-state index in [9.17, 15) is 17.0 Å². The van der Waals surface area contributed by atoms with Crippen molar-refractivity contribution in [2.45, 2.75) is 9.79 Å². The van der Waals surface area contributed by atoms with Crippen LogP contribution in [-0.2, 0) is 20.8 Å². The lowest BCUT2D eigenvalue weighted by atomic mass is 10.3. The molecule has 1 atom stereocenters. The van der Waals surface area contributed by atoms with E-state index >= 15 is 0 Å². The van der Waals surface area contributed by atoms with Gasteiger partial charge in [0.15, 0.2) is 0 Å². The highest BCUT2D eigenvalue weighted by Gasteiger charge is 2.14. The molecule has 1 N–H and O–H groups in total. The topological polar surface area (TPSA) is 63.2 Å². The number of nitrogens with one attached hydrogen (secondary N) is 1. The maximum atomic E-state index is 12.8. The molecule has 1 unspecified atom stereocenters. The van der Waals surface area contributed by atoms with Crippen LogP contribution in [-0.4, -0.2) is 18.9 Å². The Hall–Kier alpha value is -1.73. The van der Waals surface area contributed by atoms with Crippen molar-refractivity contribution in [1.29, 1.82) is 0 Å². The van der Waals surface area contributed by atoms with Gasteiger partial charge in [-0.15, -0.1) is 0 Å². The summed E-state index contributed by atoms with van der Waals surface area (Å²) in [6.45, 7) is 0. The Bertz CT molecular complexity index is 742. The average molecular weight is 313 g/mol. The van der Waals surface area contributed by atoms with Crippen molar-refractivity contribution in [2.24, 2.45) is 0 Å². The number of halogens is 1. The summed E-state index contributed by atoms with van der Waals surface area (Å²) >= 11 is 0. The first-order valence-corrected chi connectivity index (χ1v) is 8.64. The van der Waals surface area contributed by atoms with Gasteiger partial charge in [-0.1, -0.05) is 6.07 Å². The minimum atomic E-state index is -3.79. The number of hydrogen-bond acceptors (Lipinski definition) is 3. The van der Waals surface area contributed by atoms with E-state index in [0.717, 1.165) is 12.1 Å². The van der Waals surface area contributed by atoms with Gasteiger partial charge < -0.3 is 0 Å². The summed E-state index contributed by atoms with van der Waals surface area (Å²) in [5.41, 5.74) is 0.307. The second-order valence-electron chi connectivity index (χ2n) is 4.04. The fourth-order valence-electron chi connectivity index (χ4n) is 1.57. The predicted molar refractivity (Wildman–Crippen MR) is 76.0 cm³/mol. The molecular formula is C13H12FNO3S2. The van der Waals surface area contributed by atoms with E-state index in [-0.39, 0.29) is 4.90 Å². The van der Waals surface area contributed by atoms with Crippen LogP contribution in [0.25, 0.3) is 0 Å². The van der Waals surface area contributed by atoms with E-state index in [1.807, 2.05) is 0 Å². The van der Waals surface area contributed by atoms with Crippen molar-refractivity contribution < 1.29 is 17.0 Å². The summed E-state index contributed by atoms with van der Waals surface area (Å²) in [5.74, 6) is -0.507. The molecule has 0 aliphatic rings. The summed E-state index contributed by atoms with van der Waals surface area (Å²) in [7, 11) is -4.99. The smallest absolute Gasteiger partial charge is 0.261 e. The fraction of sp³-hybridized carbons (Fsp3) is 0.0769. The van der Waals surface area contributed by atoms with Crippen molar-refractivity contribution in [3.8, 4) is 0 Å². The van der Waals surface area contributed by atoms with Crippen LogP contribution in [0, 0.1) is 5.82 Å². The molecule has 0 aromatic heterocycles. The number of sulfonamides is 1. The van der Waals surface area contributed by atoms with Crippen LogP contribution < -0.4 is 4.72 Å². The van der Waals surface area contributed by atoms with Crippen molar-refractivity contribution in [1.82, 2.24) is 0 Å². The molecule has 0 fully saturated rings. The molecule has 0 saturated carbocycles. The number of benzene rings is 2. The van der Waals surface area contributed by atoms with E-state index in [1.54, 1.807) is 18.2 Å². The molecule has 2 rings (SSSR count). The van der Waals surface area contributed by atoms with E-state index in [2.05, 4.69) is 4.72 Å². The predicted octanol–water partition coefficient (Wildman–Crippen LogP) is 2.36. The molecule has 20 heavy (non-hydrogen) atoms. The lowest BCUT2D eigenvalue weighted by Gasteiger charge is -2.08. The van der Waals surface area contributed by atoms with Crippen LogP contribution in [0.5, 0.6) is 0 Å². The molecule has 0 saturated heterocycles. The van der Waals surface area contributed by atoms with E-state index in [0.29, 0.717) is 10.6 Å². The minimum absolute atomic E-state index is 0.0399. The van der Waals surface area contributed by atoms with Crippen molar-refractivity contribution in [3.05, 3.63) is 54.3 Å². The van der Waals surface area contributed by atoms with Crippen molar-refractivity contribution in [3.63, 3.8) is 0 Å². The molecule has 2 aromatic carbocycles. The Kier molecular flexibility index (Phi) is 4.20. The Labute approximate surface area is 119 Å². The first kappa shape index (κ1) is 14.7. The minimum Gasteiger partial charge on any atom is -0.280 e. The van der Waals surface area contributed by atoms with Crippen molar-refractivity contribution >= 4 is 26.5 Å². The third-order valence-electron chi connectivity index (χ3n) is 2.54. The number of anilines is 1. The fourth-order valence-corrected chi connectivity index (χ4v) is 3.18. The summed E-state index contributed by atoms with van der Waals surface area (Å²) in [6, 6.07) is 10.8. The lowest BCUT2D eigenvalue weighted by Crippen LogP contribution is -2.13. The summed E-state index contributed by atoms with van der Waals surface area (Å²) < 4.78 is 50.7. The molecular weight excluding hydrogens is 301 g/mol. The summed E-state index contributed by atoms with van der Waals surface area (Å²) in [4.78, 5) is 0.478. The normalized spacial score (nSPS) is 12.9. The zero-order valence-corrected chi connectivity index (χ0v) is 12.2. The lowest BCUT2D eigenvalue weighted by molar-refractivity contribution is 0.599. The molecule has 106 valence electrons. The van der Waals surface area contributed by atoms with Crippen molar-refractivity contribution in [2.75, 3.05) is 11.0 Å². The molecule has 2 aromatic rings. The van der Waals surface area contributed by atoms with Gasteiger partial charge >= 0.3 is 0 Å². The molecule has 0 aliphatic heterocycles. The highest BCUT2D eigenvalue weighted by molar-refractivity contribution is 7.92. The Morgan fingerprint density at radius 1 is 1.10 bits per heavy atom. The van der Waals surface area contributed by atoms with Crippen LogP contribution in [0.1, 0.15) is 0 Å². The van der Waals surface area contributed by atoms with E-state index < -0.39 is 26.6 Å². The Morgan fingerprint density at radius 3 is 2.35 bits per heavy atom. The Morgan fingerprint density at radius 2 is 1.75 bits per heavy atom. The second kappa shape index (κ2) is 5.72. The second-order valence-corrected chi connectivity index (χ2v) is 7.10. The van der Waals surface area contributed by atoms with Crippen LogP contribution in [0.15, 0.2) is 58.3 Å². The first-order valence-electron chi connectivity index (χ1n) is 5.60. The highest BCUT2D eigenvalue weighted by Crippen LogP contribution is 2.18. The Balaban J connectivity index is 2.31. The van der Waals surface area contributed by atoms with Crippen LogP contribution in [0.2, 0.25) is 0 Å².